The maximum atomic E-state index is 13.9. The van der Waals surface area contributed by atoms with Gasteiger partial charge in [-0.15, -0.1) is 0 Å². The van der Waals surface area contributed by atoms with E-state index in [2.05, 4.69) is 4.98 Å². The first kappa shape index (κ1) is 25.7. The van der Waals surface area contributed by atoms with Gasteiger partial charge in [0.25, 0.3) is 0 Å². The summed E-state index contributed by atoms with van der Waals surface area (Å²) < 4.78 is 5.46. The van der Waals surface area contributed by atoms with Gasteiger partial charge in [0.05, 0.1) is 24.6 Å². The number of benzene rings is 1. The molecule has 2 aromatic rings. The SMILES string of the molecule is COc1ccncc1-c1ccc(O)c2c1C[C@@H]1C[C@@H]3[C@@H](N(C)C)C(=O)C(C(N)=O)C(=O)[C@]3(O)C(=O)C1C2=O. The van der Waals surface area contributed by atoms with Gasteiger partial charge < -0.3 is 20.7 Å². The molecule has 2 saturated carbocycles. The Bertz CT molecular complexity index is 1420. The number of hydrogen-bond donors (Lipinski definition) is 3. The van der Waals surface area contributed by atoms with E-state index in [9.17, 15) is 34.2 Å². The van der Waals surface area contributed by atoms with Crippen molar-refractivity contribution in [1.82, 2.24) is 9.88 Å². The summed E-state index contributed by atoms with van der Waals surface area (Å²) in [6.07, 6.45) is 3.24. The summed E-state index contributed by atoms with van der Waals surface area (Å²) in [4.78, 5) is 71.9. The third-order valence-corrected chi connectivity index (χ3v) is 8.24. The number of amides is 1. The topological polar surface area (TPSA) is 177 Å². The van der Waals surface area contributed by atoms with Gasteiger partial charge in [-0.25, -0.2) is 0 Å². The fourth-order valence-corrected chi connectivity index (χ4v) is 6.62. The number of methoxy groups -OCH3 is 1. The van der Waals surface area contributed by atoms with E-state index in [1.807, 2.05) is 0 Å². The van der Waals surface area contributed by atoms with Crippen LogP contribution in [0.15, 0.2) is 30.6 Å². The highest BCUT2D eigenvalue weighted by atomic mass is 16.5. The number of pyridine rings is 1. The number of Topliss-reactive ketones (excluding diaryl/α,β-unsaturated/α-hetero) is 4. The zero-order valence-corrected chi connectivity index (χ0v) is 21.0. The minimum Gasteiger partial charge on any atom is -0.507 e. The van der Waals surface area contributed by atoms with Crippen molar-refractivity contribution in [2.45, 2.75) is 24.5 Å². The first-order valence-electron chi connectivity index (χ1n) is 12.1. The molecule has 1 amide bonds. The van der Waals surface area contributed by atoms with Crippen molar-refractivity contribution in [3.8, 4) is 22.6 Å². The van der Waals surface area contributed by atoms with Gasteiger partial charge in [-0.1, -0.05) is 6.07 Å². The predicted molar refractivity (Wildman–Crippen MR) is 131 cm³/mol. The second kappa shape index (κ2) is 8.81. The molecule has 1 aromatic carbocycles. The van der Waals surface area contributed by atoms with Crippen LogP contribution in [0.25, 0.3) is 11.1 Å². The number of carbonyl (C=O) groups excluding carboxylic acids is 5. The highest BCUT2D eigenvalue weighted by Gasteiger charge is 2.69. The van der Waals surface area contributed by atoms with Crippen LogP contribution in [0.4, 0.5) is 0 Å². The van der Waals surface area contributed by atoms with E-state index >= 15 is 0 Å². The Labute approximate surface area is 217 Å². The maximum absolute atomic E-state index is 13.9. The first-order chi connectivity index (χ1) is 17.9. The fourth-order valence-electron chi connectivity index (χ4n) is 6.62. The summed E-state index contributed by atoms with van der Waals surface area (Å²) in [6.45, 7) is 0. The molecule has 5 rings (SSSR count). The molecule has 11 nitrogen and oxygen atoms in total. The lowest BCUT2D eigenvalue weighted by Crippen LogP contribution is -2.74. The summed E-state index contributed by atoms with van der Waals surface area (Å²) in [7, 11) is 4.57. The van der Waals surface area contributed by atoms with Gasteiger partial charge >= 0.3 is 0 Å². The largest absolute Gasteiger partial charge is 0.507 e. The van der Waals surface area contributed by atoms with Gasteiger partial charge in [-0.2, -0.15) is 0 Å². The molecule has 0 spiro atoms. The number of phenolic OH excluding ortho intramolecular Hbond substituents is 1. The first-order valence-corrected chi connectivity index (χ1v) is 12.1. The molecule has 0 bridgehead atoms. The lowest BCUT2D eigenvalue weighted by atomic mass is 9.52. The number of aromatic hydroxyl groups is 1. The monoisotopic (exact) mass is 521 g/mol. The van der Waals surface area contributed by atoms with Crippen molar-refractivity contribution in [2.24, 2.45) is 29.4 Å². The summed E-state index contributed by atoms with van der Waals surface area (Å²) >= 11 is 0. The van der Waals surface area contributed by atoms with Crippen LogP contribution in [-0.2, 0) is 25.6 Å². The number of aliphatic hydroxyl groups is 1. The zero-order valence-electron chi connectivity index (χ0n) is 21.0. The molecule has 3 aliphatic rings. The minimum absolute atomic E-state index is 0.0246. The number of likely N-dealkylation sites (N-methyl/N-ethyl adjacent to an activating group) is 1. The van der Waals surface area contributed by atoms with Crippen LogP contribution < -0.4 is 10.5 Å². The average molecular weight is 522 g/mol. The normalized spacial score (nSPS) is 30.5. The molecule has 11 heteroatoms. The summed E-state index contributed by atoms with van der Waals surface area (Å²) in [5.41, 5.74) is 4.14. The Morgan fingerprint density at radius 1 is 1.13 bits per heavy atom. The number of primary amides is 1. The molecular formula is C27H27N3O8. The molecule has 2 fully saturated rings. The van der Waals surface area contributed by atoms with Crippen molar-refractivity contribution in [3.05, 3.63) is 41.7 Å². The molecule has 4 N–H and O–H groups in total. The van der Waals surface area contributed by atoms with Crippen molar-refractivity contribution < 1.29 is 38.9 Å². The number of ether oxygens (including phenoxy) is 1. The average Bonchev–Trinajstić information content (AvgIpc) is 2.86. The summed E-state index contributed by atoms with van der Waals surface area (Å²) in [5.74, 6) is -10.3. The molecule has 2 unspecified atom stereocenters. The second-order valence-electron chi connectivity index (χ2n) is 10.4. The number of nitrogens with zero attached hydrogens (tertiary/aromatic N) is 2. The quantitative estimate of drug-likeness (QED) is 0.462. The van der Waals surface area contributed by atoms with E-state index in [-0.39, 0.29) is 24.2 Å². The van der Waals surface area contributed by atoms with Gasteiger partial charge in [0.2, 0.25) is 5.91 Å². The number of rotatable bonds is 4. The number of aromatic nitrogens is 1. The molecular weight excluding hydrogens is 494 g/mol. The molecule has 0 radical (unpaired) electrons. The van der Waals surface area contributed by atoms with Gasteiger partial charge in [0, 0.05) is 23.9 Å². The Balaban J connectivity index is 1.67. The molecule has 198 valence electrons. The van der Waals surface area contributed by atoms with Crippen molar-refractivity contribution in [1.29, 1.82) is 0 Å². The van der Waals surface area contributed by atoms with Gasteiger partial charge in [-0.05, 0) is 56.1 Å². The molecule has 0 aliphatic heterocycles. The van der Waals surface area contributed by atoms with E-state index in [1.165, 1.54) is 18.1 Å². The molecule has 3 aliphatic carbocycles. The third-order valence-electron chi connectivity index (χ3n) is 8.24. The van der Waals surface area contributed by atoms with Crippen LogP contribution in [-0.4, -0.2) is 82.0 Å². The number of nitrogens with two attached hydrogens (primary N) is 1. The van der Waals surface area contributed by atoms with Gasteiger partial charge in [0.15, 0.2) is 34.7 Å². The van der Waals surface area contributed by atoms with Crippen LogP contribution in [0.3, 0.4) is 0 Å². The van der Waals surface area contributed by atoms with Crippen LogP contribution in [0, 0.1) is 23.7 Å². The Morgan fingerprint density at radius 2 is 1.84 bits per heavy atom. The van der Waals surface area contributed by atoms with Gasteiger partial charge in [0.1, 0.15) is 11.5 Å². The lowest BCUT2D eigenvalue weighted by molar-refractivity contribution is -0.181. The lowest BCUT2D eigenvalue weighted by Gasteiger charge is -2.52. The highest BCUT2D eigenvalue weighted by molar-refractivity contribution is 6.32. The molecule has 6 atom stereocenters. The smallest absolute Gasteiger partial charge is 0.235 e. The van der Waals surface area contributed by atoms with Crippen molar-refractivity contribution >= 4 is 29.0 Å². The number of hydrogen-bond acceptors (Lipinski definition) is 10. The van der Waals surface area contributed by atoms with E-state index < -0.39 is 64.4 Å². The number of fused-ring (bicyclic) bond motifs is 3. The minimum atomic E-state index is -2.75. The van der Waals surface area contributed by atoms with Crippen LogP contribution in [0.5, 0.6) is 11.5 Å². The Morgan fingerprint density at radius 3 is 2.47 bits per heavy atom. The van der Waals surface area contributed by atoms with E-state index in [4.69, 9.17) is 10.5 Å². The molecule has 1 heterocycles. The fraction of sp³-hybridized carbons (Fsp3) is 0.407. The highest BCUT2D eigenvalue weighted by Crippen LogP contribution is 2.52. The number of phenols is 1. The number of ketones is 4. The molecule has 0 saturated heterocycles. The van der Waals surface area contributed by atoms with Crippen LogP contribution >= 0.6 is 0 Å². The van der Waals surface area contributed by atoms with Gasteiger partial charge in [-0.3, -0.25) is 33.9 Å². The van der Waals surface area contributed by atoms with E-state index in [1.54, 1.807) is 38.6 Å². The summed E-state index contributed by atoms with van der Waals surface area (Å²) in [6, 6.07) is 3.47. The van der Waals surface area contributed by atoms with E-state index in [0.717, 1.165) is 0 Å². The van der Waals surface area contributed by atoms with Crippen LogP contribution in [0.2, 0.25) is 0 Å². The van der Waals surface area contributed by atoms with Crippen molar-refractivity contribution in [2.75, 3.05) is 21.2 Å². The second-order valence-corrected chi connectivity index (χ2v) is 10.4. The van der Waals surface area contributed by atoms with Crippen molar-refractivity contribution in [3.63, 3.8) is 0 Å². The predicted octanol–water partition coefficient (Wildman–Crippen LogP) is -0.0624. The Hall–Kier alpha value is -3.96. The van der Waals surface area contributed by atoms with E-state index in [0.29, 0.717) is 22.4 Å². The maximum Gasteiger partial charge on any atom is 0.235 e. The molecule has 38 heavy (non-hydrogen) atoms. The third kappa shape index (κ3) is 3.35. The summed E-state index contributed by atoms with van der Waals surface area (Å²) in [5, 5.41) is 22.3. The number of carbonyl (C=O) groups is 5. The standard InChI is InChI=1S/C27H27N3O8/c1-30(2)21-15-9-11-8-13-12(14-10-29-7-6-17(14)38-3)4-5-16(31)19(13)22(32)18(11)24(34)27(15,37)25(35)20(23(21)33)26(28)36/h4-7,10-11,15,18,20-21,31,37H,8-9H2,1-3H3,(H2,28,36)/t11-,15-,18?,20?,21-,27-/m1/s1. The zero-order chi connectivity index (χ0) is 27.7. The molecule has 1 aromatic heterocycles. The Kier molecular flexibility index (Phi) is 5.96. The van der Waals surface area contributed by atoms with Crippen LogP contribution in [0.1, 0.15) is 22.3 Å².